The maximum Gasteiger partial charge on any atom is 0.337 e. The van der Waals surface area contributed by atoms with Crippen LogP contribution in [-0.2, 0) is 17.7 Å². The number of rotatable bonds is 6. The van der Waals surface area contributed by atoms with Crippen LogP contribution in [0.15, 0.2) is 59.1 Å². The molecule has 3 aromatic rings. The van der Waals surface area contributed by atoms with Crippen molar-refractivity contribution in [3.8, 4) is 0 Å². The van der Waals surface area contributed by atoms with Gasteiger partial charge in [0.2, 0.25) is 5.89 Å². The summed E-state index contributed by atoms with van der Waals surface area (Å²) in [5.41, 5.74) is 2.85. The van der Waals surface area contributed by atoms with E-state index >= 15 is 0 Å². The van der Waals surface area contributed by atoms with Crippen molar-refractivity contribution in [2.45, 2.75) is 13.0 Å². The molecule has 0 bridgehead atoms. The van der Waals surface area contributed by atoms with Gasteiger partial charge in [-0.15, -0.1) is 0 Å². The van der Waals surface area contributed by atoms with Gasteiger partial charge in [0.15, 0.2) is 5.82 Å². The average molecular weight is 392 g/mol. The number of esters is 1. The smallest absolute Gasteiger partial charge is 0.337 e. The van der Waals surface area contributed by atoms with E-state index in [4.69, 9.17) is 9.26 Å². The lowest BCUT2D eigenvalue weighted by Crippen LogP contribution is -2.46. The summed E-state index contributed by atoms with van der Waals surface area (Å²) >= 11 is 0. The molecule has 7 heteroatoms. The molecule has 0 radical (unpaired) electrons. The van der Waals surface area contributed by atoms with Crippen molar-refractivity contribution in [1.29, 1.82) is 0 Å². The lowest BCUT2D eigenvalue weighted by molar-refractivity contribution is 0.0600. The van der Waals surface area contributed by atoms with Gasteiger partial charge in [-0.05, 0) is 29.8 Å². The molecule has 7 nitrogen and oxygen atoms in total. The minimum Gasteiger partial charge on any atom is -0.465 e. The van der Waals surface area contributed by atoms with Gasteiger partial charge >= 0.3 is 5.97 Å². The van der Waals surface area contributed by atoms with E-state index in [1.54, 1.807) is 12.1 Å². The Morgan fingerprint density at radius 1 is 1.03 bits per heavy atom. The first-order valence-electron chi connectivity index (χ1n) is 9.72. The Labute approximate surface area is 169 Å². The summed E-state index contributed by atoms with van der Waals surface area (Å²) in [7, 11) is 1.39. The van der Waals surface area contributed by atoms with Gasteiger partial charge in [-0.3, -0.25) is 4.90 Å². The predicted molar refractivity (Wildman–Crippen MR) is 109 cm³/mol. The van der Waals surface area contributed by atoms with Crippen LogP contribution in [0.1, 0.15) is 27.6 Å². The van der Waals surface area contributed by atoms with Gasteiger partial charge in [0, 0.05) is 38.3 Å². The van der Waals surface area contributed by atoms with Gasteiger partial charge in [-0.25, -0.2) is 4.79 Å². The number of nitrogens with zero attached hydrogens (tertiary/aromatic N) is 4. The van der Waals surface area contributed by atoms with Gasteiger partial charge < -0.3 is 14.2 Å². The highest BCUT2D eigenvalue weighted by Crippen LogP contribution is 2.18. The van der Waals surface area contributed by atoms with E-state index in [0.29, 0.717) is 24.4 Å². The number of hydrogen-bond donors (Lipinski definition) is 0. The minimum absolute atomic E-state index is 0.312. The number of piperazine rings is 1. The van der Waals surface area contributed by atoms with Crippen molar-refractivity contribution in [2.24, 2.45) is 0 Å². The molecule has 0 atom stereocenters. The third kappa shape index (κ3) is 4.81. The molecular formula is C22H24N4O3. The first-order chi connectivity index (χ1) is 14.2. The van der Waals surface area contributed by atoms with Crippen LogP contribution in [0.5, 0.6) is 0 Å². The standard InChI is InChI=1S/C22H24N4O3/c1-28-22(27)18-7-9-19(10-8-18)26-13-11-25(12-14-26)16-21-23-20(24-29-21)15-17-5-3-2-4-6-17/h2-10H,11-16H2,1H3. The maximum absolute atomic E-state index is 11.6. The van der Waals surface area contributed by atoms with Crippen molar-refractivity contribution in [3.05, 3.63) is 77.4 Å². The largest absolute Gasteiger partial charge is 0.465 e. The SMILES string of the molecule is COC(=O)c1ccc(N2CCN(Cc3nc(Cc4ccccc4)no3)CC2)cc1. The van der Waals surface area contributed by atoms with E-state index in [1.165, 1.54) is 12.7 Å². The normalized spacial score (nSPS) is 14.7. The van der Waals surface area contributed by atoms with E-state index in [1.807, 2.05) is 30.3 Å². The summed E-state index contributed by atoms with van der Waals surface area (Å²) in [6, 6.07) is 17.7. The molecule has 1 saturated heterocycles. The second kappa shape index (κ2) is 8.87. The van der Waals surface area contributed by atoms with E-state index in [0.717, 1.165) is 37.7 Å². The molecule has 1 aliphatic rings. The quantitative estimate of drug-likeness (QED) is 0.597. The van der Waals surface area contributed by atoms with Crippen molar-refractivity contribution < 1.29 is 14.1 Å². The summed E-state index contributed by atoms with van der Waals surface area (Å²) in [6.45, 7) is 4.30. The van der Waals surface area contributed by atoms with Gasteiger partial charge in [0.05, 0.1) is 19.2 Å². The van der Waals surface area contributed by atoms with E-state index in [2.05, 4.69) is 32.1 Å². The van der Waals surface area contributed by atoms with Crippen LogP contribution in [0.3, 0.4) is 0 Å². The molecule has 29 heavy (non-hydrogen) atoms. The average Bonchev–Trinajstić information content (AvgIpc) is 3.21. The third-order valence-electron chi connectivity index (χ3n) is 5.10. The molecule has 2 aromatic carbocycles. The van der Waals surface area contributed by atoms with Crippen LogP contribution in [0, 0.1) is 0 Å². The summed E-state index contributed by atoms with van der Waals surface area (Å²) in [4.78, 5) is 20.7. The minimum atomic E-state index is -0.312. The number of ether oxygens (including phenoxy) is 1. The zero-order valence-corrected chi connectivity index (χ0v) is 16.5. The Morgan fingerprint density at radius 3 is 2.45 bits per heavy atom. The number of benzene rings is 2. The van der Waals surface area contributed by atoms with E-state index < -0.39 is 0 Å². The second-order valence-electron chi connectivity index (χ2n) is 7.07. The Bertz CT molecular complexity index is 932. The number of methoxy groups -OCH3 is 1. The molecule has 1 fully saturated rings. The predicted octanol–water partition coefficient (Wildman–Crippen LogP) is 2.77. The lowest BCUT2D eigenvalue weighted by atomic mass is 10.1. The summed E-state index contributed by atoms with van der Waals surface area (Å²) < 4.78 is 10.2. The molecule has 0 saturated carbocycles. The Morgan fingerprint density at radius 2 is 1.76 bits per heavy atom. The van der Waals surface area contributed by atoms with Crippen molar-refractivity contribution in [3.63, 3.8) is 0 Å². The molecule has 0 aliphatic carbocycles. The molecule has 1 aromatic heterocycles. The van der Waals surface area contributed by atoms with Crippen LogP contribution in [-0.4, -0.2) is 54.3 Å². The molecule has 4 rings (SSSR count). The third-order valence-corrected chi connectivity index (χ3v) is 5.10. The van der Waals surface area contributed by atoms with Crippen molar-refractivity contribution in [2.75, 3.05) is 38.2 Å². The fraction of sp³-hybridized carbons (Fsp3) is 0.318. The number of carbonyl (C=O) groups excluding carboxylic acids is 1. The number of aromatic nitrogens is 2. The molecule has 0 amide bonds. The van der Waals surface area contributed by atoms with Gasteiger partial charge in [0.25, 0.3) is 0 Å². The van der Waals surface area contributed by atoms with Crippen molar-refractivity contribution >= 4 is 11.7 Å². The zero-order valence-electron chi connectivity index (χ0n) is 16.5. The zero-order chi connectivity index (χ0) is 20.1. The van der Waals surface area contributed by atoms with Gasteiger partial charge in [0.1, 0.15) is 0 Å². The molecule has 1 aliphatic heterocycles. The van der Waals surface area contributed by atoms with Crippen molar-refractivity contribution in [1.82, 2.24) is 15.0 Å². The maximum atomic E-state index is 11.6. The molecular weight excluding hydrogens is 368 g/mol. The number of anilines is 1. The Kier molecular flexibility index (Phi) is 5.86. The number of hydrogen-bond acceptors (Lipinski definition) is 7. The Balaban J connectivity index is 1.28. The molecule has 150 valence electrons. The molecule has 0 unspecified atom stereocenters. The lowest BCUT2D eigenvalue weighted by Gasteiger charge is -2.35. The van der Waals surface area contributed by atoms with Crippen LogP contribution < -0.4 is 4.90 Å². The topological polar surface area (TPSA) is 71.7 Å². The van der Waals surface area contributed by atoms with E-state index in [9.17, 15) is 4.79 Å². The fourth-order valence-electron chi connectivity index (χ4n) is 3.49. The summed E-state index contributed by atoms with van der Waals surface area (Å²) in [6.07, 6.45) is 0.680. The highest BCUT2D eigenvalue weighted by atomic mass is 16.5. The molecule has 2 heterocycles. The summed E-state index contributed by atoms with van der Waals surface area (Å²) in [5.74, 6) is 1.06. The van der Waals surface area contributed by atoms with Crippen LogP contribution in [0.4, 0.5) is 5.69 Å². The van der Waals surface area contributed by atoms with Gasteiger partial charge in [-0.1, -0.05) is 35.5 Å². The van der Waals surface area contributed by atoms with Crippen LogP contribution in [0.25, 0.3) is 0 Å². The van der Waals surface area contributed by atoms with Gasteiger partial charge in [-0.2, -0.15) is 4.98 Å². The summed E-state index contributed by atoms with van der Waals surface area (Å²) in [5, 5.41) is 4.11. The fourth-order valence-corrected chi connectivity index (χ4v) is 3.49. The highest BCUT2D eigenvalue weighted by molar-refractivity contribution is 5.89. The number of carbonyl (C=O) groups is 1. The van der Waals surface area contributed by atoms with Crippen LogP contribution >= 0.6 is 0 Å². The molecule has 0 N–H and O–H groups in total. The molecule has 0 spiro atoms. The van der Waals surface area contributed by atoms with Crippen LogP contribution in [0.2, 0.25) is 0 Å². The Hall–Kier alpha value is -3.19. The van der Waals surface area contributed by atoms with E-state index in [-0.39, 0.29) is 5.97 Å². The monoisotopic (exact) mass is 392 g/mol. The second-order valence-corrected chi connectivity index (χ2v) is 7.07. The first-order valence-corrected chi connectivity index (χ1v) is 9.72. The highest BCUT2D eigenvalue weighted by Gasteiger charge is 2.20. The first kappa shape index (κ1) is 19.1.